The fourth-order valence-electron chi connectivity index (χ4n) is 2.16. The van der Waals surface area contributed by atoms with Gasteiger partial charge in [0.25, 0.3) is 0 Å². The van der Waals surface area contributed by atoms with Gasteiger partial charge in [-0.15, -0.1) is 0 Å². The number of allylic oxidation sites excluding steroid dienone is 2. The van der Waals surface area contributed by atoms with Gasteiger partial charge in [-0.2, -0.15) is 0 Å². The highest BCUT2D eigenvalue weighted by Crippen LogP contribution is 2.36. The minimum Gasteiger partial charge on any atom is -0.319 e. The predicted molar refractivity (Wildman–Crippen MR) is 50.0 cm³/mol. The van der Waals surface area contributed by atoms with Crippen LogP contribution < -0.4 is 10.6 Å². The smallest absolute Gasteiger partial charge is 0.0243 e. The zero-order valence-electron chi connectivity index (χ0n) is 7.46. The van der Waals surface area contributed by atoms with Crippen molar-refractivity contribution in [3.05, 3.63) is 24.3 Å². The van der Waals surface area contributed by atoms with E-state index in [0.717, 1.165) is 19.6 Å². The molecule has 12 heavy (non-hydrogen) atoms. The second kappa shape index (κ2) is 3.04. The topological polar surface area (TPSA) is 26.1 Å². The van der Waals surface area contributed by atoms with Crippen molar-refractivity contribution >= 4 is 0 Å². The Morgan fingerprint density at radius 1 is 1.58 bits per heavy atom. The van der Waals surface area contributed by atoms with Gasteiger partial charge in [-0.3, -0.25) is 0 Å². The normalized spacial score (nSPS) is 38.6. The van der Waals surface area contributed by atoms with Crippen LogP contribution in [-0.2, 0) is 0 Å². The molecule has 0 bridgehead atoms. The van der Waals surface area contributed by atoms with Gasteiger partial charge >= 0.3 is 0 Å². The Balaban J connectivity index is 2.20. The molecule has 2 heteroatoms. The summed E-state index contributed by atoms with van der Waals surface area (Å²) in [4.78, 5) is 0. The fraction of sp³-hybridized carbons (Fsp3) is 0.600. The first kappa shape index (κ1) is 8.02. The van der Waals surface area contributed by atoms with E-state index >= 15 is 0 Å². The summed E-state index contributed by atoms with van der Waals surface area (Å²) in [5.41, 5.74) is 0.295. The van der Waals surface area contributed by atoms with E-state index in [1.54, 1.807) is 0 Å². The number of rotatable bonds is 2. The molecule has 2 unspecified atom stereocenters. The highest BCUT2D eigenvalue weighted by molar-refractivity contribution is 5.23. The molecule has 1 N–H and O–H groups in total. The van der Waals surface area contributed by atoms with Crippen molar-refractivity contribution in [1.29, 1.82) is 0 Å². The van der Waals surface area contributed by atoms with E-state index in [1.165, 1.54) is 0 Å². The fourth-order valence-corrected chi connectivity index (χ4v) is 2.16. The molecule has 1 fully saturated rings. The molecule has 1 aliphatic heterocycles. The molecule has 0 aromatic carbocycles. The summed E-state index contributed by atoms with van der Waals surface area (Å²) in [6.45, 7) is 3.03. The van der Waals surface area contributed by atoms with Gasteiger partial charge in [-0.05, 0) is 7.05 Å². The maximum Gasteiger partial charge on any atom is 0.0243 e. The number of fused-ring (bicyclic) bond motifs is 1. The summed E-state index contributed by atoms with van der Waals surface area (Å²) in [6.07, 6.45) is 8.88. The van der Waals surface area contributed by atoms with E-state index in [-0.39, 0.29) is 0 Å². The number of nitrogens with one attached hydrogen (secondary N) is 1. The van der Waals surface area contributed by atoms with Crippen molar-refractivity contribution < 1.29 is 0 Å². The van der Waals surface area contributed by atoms with Crippen molar-refractivity contribution in [2.45, 2.75) is 0 Å². The Labute approximate surface area is 73.7 Å². The Morgan fingerprint density at radius 2 is 2.50 bits per heavy atom. The lowest BCUT2D eigenvalue weighted by atomic mass is 9.75. The molecule has 1 saturated heterocycles. The molecule has 2 nitrogen and oxygen atoms in total. The quantitative estimate of drug-likeness (QED) is 0.632. The lowest BCUT2D eigenvalue weighted by Gasteiger charge is -2.31. The number of hydrogen-bond acceptors (Lipinski definition) is 1. The van der Waals surface area contributed by atoms with E-state index in [1.807, 2.05) is 7.05 Å². The van der Waals surface area contributed by atoms with Crippen LogP contribution in [0.1, 0.15) is 0 Å². The Bertz CT molecular complexity index is 220. The first-order valence-electron chi connectivity index (χ1n) is 4.51. The lowest BCUT2D eigenvalue weighted by Crippen LogP contribution is -2.37. The van der Waals surface area contributed by atoms with Crippen LogP contribution in [0.15, 0.2) is 24.3 Å². The van der Waals surface area contributed by atoms with Gasteiger partial charge in [-0.25, -0.2) is 5.32 Å². The van der Waals surface area contributed by atoms with Crippen LogP contribution >= 0.6 is 0 Å². The molecule has 1 aliphatic carbocycles. The summed E-state index contributed by atoms with van der Waals surface area (Å²) in [6, 6.07) is 0. The van der Waals surface area contributed by atoms with E-state index in [9.17, 15) is 0 Å². The molecule has 2 aliphatic rings. The molecule has 0 amide bonds. The third-order valence-electron chi connectivity index (χ3n) is 2.86. The number of hydrogen-bond donors (Lipinski definition) is 1. The predicted octanol–water partition coefficient (Wildman–Crippen LogP) is 0.552. The molecule has 2 rings (SSSR count). The summed E-state index contributed by atoms with van der Waals surface area (Å²) in [7, 11) is 2.01. The number of nitrogens with zero attached hydrogens (tertiary/aromatic N) is 1. The van der Waals surface area contributed by atoms with Gasteiger partial charge in [0.05, 0.1) is 0 Å². The van der Waals surface area contributed by atoms with Gasteiger partial charge in [0, 0.05) is 31.0 Å². The van der Waals surface area contributed by atoms with Gasteiger partial charge in [0.15, 0.2) is 0 Å². The van der Waals surface area contributed by atoms with E-state index in [0.29, 0.717) is 11.3 Å². The van der Waals surface area contributed by atoms with Crippen molar-refractivity contribution in [2.24, 2.45) is 11.3 Å². The summed E-state index contributed by atoms with van der Waals surface area (Å²) in [5, 5.41) is 7.73. The lowest BCUT2D eigenvalue weighted by molar-refractivity contribution is 0.339. The first-order chi connectivity index (χ1) is 5.87. The average Bonchev–Trinajstić information content (AvgIpc) is 2.48. The summed E-state index contributed by atoms with van der Waals surface area (Å²) < 4.78 is 0. The Hall–Kier alpha value is -0.600. The van der Waals surface area contributed by atoms with Crippen LogP contribution in [0.4, 0.5) is 0 Å². The molecule has 65 valence electrons. The first-order valence-corrected chi connectivity index (χ1v) is 4.51. The van der Waals surface area contributed by atoms with Crippen molar-refractivity contribution in [2.75, 3.05) is 26.7 Å². The Kier molecular flexibility index (Phi) is 2.03. The van der Waals surface area contributed by atoms with Gasteiger partial charge in [-0.1, -0.05) is 24.3 Å². The second-order valence-electron chi connectivity index (χ2n) is 3.68. The van der Waals surface area contributed by atoms with Crippen LogP contribution in [0, 0.1) is 11.3 Å². The van der Waals surface area contributed by atoms with Crippen LogP contribution in [-0.4, -0.2) is 26.7 Å². The molecule has 0 saturated carbocycles. The standard InChI is InChI=1S/C10H15N2/c1-11-7-10-5-3-2-4-9(10)6-12-8-10/h2-5,9,11H,6-8H2,1H3. The minimum atomic E-state index is 0.295. The van der Waals surface area contributed by atoms with E-state index < -0.39 is 0 Å². The summed E-state index contributed by atoms with van der Waals surface area (Å²) in [5.74, 6) is 0.634. The average molecular weight is 163 g/mol. The van der Waals surface area contributed by atoms with E-state index in [2.05, 4.69) is 34.9 Å². The zero-order valence-corrected chi connectivity index (χ0v) is 7.46. The summed E-state index contributed by atoms with van der Waals surface area (Å²) >= 11 is 0. The maximum absolute atomic E-state index is 4.48. The Morgan fingerprint density at radius 3 is 3.33 bits per heavy atom. The van der Waals surface area contributed by atoms with Crippen molar-refractivity contribution in [3.8, 4) is 0 Å². The maximum atomic E-state index is 4.48. The molecule has 0 aromatic heterocycles. The molecular formula is C10H15N2. The second-order valence-corrected chi connectivity index (χ2v) is 3.68. The van der Waals surface area contributed by atoms with Crippen LogP contribution in [0.2, 0.25) is 0 Å². The van der Waals surface area contributed by atoms with Crippen LogP contribution in [0.5, 0.6) is 0 Å². The largest absolute Gasteiger partial charge is 0.319 e. The third kappa shape index (κ3) is 1.11. The highest BCUT2D eigenvalue weighted by Gasteiger charge is 2.40. The van der Waals surface area contributed by atoms with Crippen LogP contribution in [0.25, 0.3) is 0 Å². The molecule has 0 aromatic rings. The zero-order chi connectivity index (χ0) is 8.44. The third-order valence-corrected chi connectivity index (χ3v) is 2.86. The molecule has 0 spiro atoms. The van der Waals surface area contributed by atoms with Crippen molar-refractivity contribution in [1.82, 2.24) is 10.6 Å². The monoisotopic (exact) mass is 163 g/mol. The minimum absolute atomic E-state index is 0.295. The van der Waals surface area contributed by atoms with Gasteiger partial charge in [0.2, 0.25) is 0 Å². The van der Waals surface area contributed by atoms with E-state index in [4.69, 9.17) is 0 Å². The highest BCUT2D eigenvalue weighted by atomic mass is 15.0. The molecule has 1 radical (unpaired) electrons. The van der Waals surface area contributed by atoms with Crippen molar-refractivity contribution in [3.63, 3.8) is 0 Å². The van der Waals surface area contributed by atoms with Crippen LogP contribution in [0.3, 0.4) is 0 Å². The van der Waals surface area contributed by atoms with Gasteiger partial charge < -0.3 is 5.32 Å². The molecular weight excluding hydrogens is 148 g/mol. The SMILES string of the molecule is CNCC12C=CC=CC1C[N]C2. The van der Waals surface area contributed by atoms with Gasteiger partial charge in [0.1, 0.15) is 0 Å². The molecule has 2 atom stereocenters. The molecule has 1 heterocycles.